The fourth-order valence-electron chi connectivity index (χ4n) is 2.41. The standard InChI is InChI=1S/C17H20BrFN2/c1-4-21(15-7-5-6-14(19)11-15)17-10-13(18)8-9-16(17)12(2)20-3/h5-12,20H,4H2,1-3H3. The Morgan fingerprint density at radius 3 is 2.62 bits per heavy atom. The number of hydrogen-bond acceptors (Lipinski definition) is 2. The van der Waals surface area contributed by atoms with Crippen molar-refractivity contribution < 1.29 is 4.39 Å². The van der Waals surface area contributed by atoms with Gasteiger partial charge >= 0.3 is 0 Å². The van der Waals surface area contributed by atoms with Crippen molar-refractivity contribution in [1.29, 1.82) is 0 Å². The average molecular weight is 351 g/mol. The lowest BCUT2D eigenvalue weighted by atomic mass is 10.0. The van der Waals surface area contributed by atoms with E-state index in [1.54, 1.807) is 12.1 Å². The highest BCUT2D eigenvalue weighted by Gasteiger charge is 2.16. The summed E-state index contributed by atoms with van der Waals surface area (Å²) in [6.45, 7) is 4.95. The van der Waals surface area contributed by atoms with Crippen LogP contribution in [0.4, 0.5) is 15.8 Å². The van der Waals surface area contributed by atoms with Crippen molar-refractivity contribution in [3.63, 3.8) is 0 Å². The molecule has 1 unspecified atom stereocenters. The Balaban J connectivity index is 2.53. The molecular formula is C17H20BrFN2. The minimum atomic E-state index is -0.218. The summed E-state index contributed by atoms with van der Waals surface area (Å²) in [7, 11) is 1.94. The van der Waals surface area contributed by atoms with Crippen LogP contribution in [0.5, 0.6) is 0 Å². The summed E-state index contributed by atoms with van der Waals surface area (Å²) in [5.41, 5.74) is 3.13. The highest BCUT2D eigenvalue weighted by Crippen LogP contribution is 2.34. The number of nitrogens with one attached hydrogen (secondary N) is 1. The first-order valence-electron chi connectivity index (χ1n) is 7.06. The van der Waals surface area contributed by atoms with Crippen LogP contribution < -0.4 is 10.2 Å². The van der Waals surface area contributed by atoms with Gasteiger partial charge in [0.05, 0.1) is 0 Å². The summed E-state index contributed by atoms with van der Waals surface area (Å²) in [5, 5.41) is 3.27. The summed E-state index contributed by atoms with van der Waals surface area (Å²) < 4.78 is 14.5. The maximum Gasteiger partial charge on any atom is 0.125 e. The lowest BCUT2D eigenvalue weighted by Gasteiger charge is -2.28. The molecule has 2 aromatic rings. The second-order valence-corrected chi connectivity index (χ2v) is 5.85. The van der Waals surface area contributed by atoms with Crippen molar-refractivity contribution in [1.82, 2.24) is 5.32 Å². The lowest BCUT2D eigenvalue weighted by molar-refractivity contribution is 0.627. The number of halogens is 2. The van der Waals surface area contributed by atoms with Gasteiger partial charge in [0.2, 0.25) is 0 Å². The van der Waals surface area contributed by atoms with E-state index in [9.17, 15) is 4.39 Å². The molecule has 0 spiro atoms. The zero-order valence-corrected chi connectivity index (χ0v) is 14.1. The Morgan fingerprint density at radius 1 is 1.24 bits per heavy atom. The molecule has 1 N–H and O–H groups in total. The van der Waals surface area contributed by atoms with Crippen molar-refractivity contribution in [2.45, 2.75) is 19.9 Å². The molecule has 0 aliphatic rings. The molecule has 0 bridgehead atoms. The largest absolute Gasteiger partial charge is 0.341 e. The van der Waals surface area contributed by atoms with Crippen LogP contribution in [0.15, 0.2) is 46.9 Å². The molecule has 112 valence electrons. The van der Waals surface area contributed by atoms with E-state index in [2.05, 4.69) is 52.1 Å². The van der Waals surface area contributed by atoms with Gasteiger partial charge in [-0.1, -0.05) is 28.1 Å². The molecule has 1 atom stereocenters. The highest BCUT2D eigenvalue weighted by molar-refractivity contribution is 9.10. The summed E-state index contributed by atoms with van der Waals surface area (Å²) in [6.07, 6.45) is 0. The first-order valence-corrected chi connectivity index (χ1v) is 7.86. The summed E-state index contributed by atoms with van der Waals surface area (Å²) in [4.78, 5) is 2.12. The van der Waals surface area contributed by atoms with Gasteiger partial charge in [-0.15, -0.1) is 0 Å². The first kappa shape index (κ1) is 16.0. The van der Waals surface area contributed by atoms with Crippen LogP contribution in [0.1, 0.15) is 25.5 Å². The zero-order valence-electron chi connectivity index (χ0n) is 12.5. The molecule has 0 aromatic heterocycles. The Morgan fingerprint density at radius 2 is 2.00 bits per heavy atom. The van der Waals surface area contributed by atoms with Crippen molar-refractivity contribution in [3.8, 4) is 0 Å². The Kier molecular flexibility index (Phi) is 5.37. The van der Waals surface area contributed by atoms with E-state index >= 15 is 0 Å². The summed E-state index contributed by atoms with van der Waals surface area (Å²) in [5.74, 6) is -0.218. The molecule has 0 aliphatic carbocycles. The van der Waals surface area contributed by atoms with E-state index in [1.165, 1.54) is 11.6 Å². The molecule has 0 heterocycles. The minimum absolute atomic E-state index is 0.218. The summed E-state index contributed by atoms with van der Waals surface area (Å²) >= 11 is 3.53. The van der Waals surface area contributed by atoms with E-state index in [0.717, 1.165) is 22.4 Å². The van der Waals surface area contributed by atoms with E-state index in [1.807, 2.05) is 19.2 Å². The number of rotatable bonds is 5. The van der Waals surface area contributed by atoms with Crippen molar-refractivity contribution in [2.75, 3.05) is 18.5 Å². The van der Waals surface area contributed by atoms with Gasteiger partial charge in [-0.25, -0.2) is 4.39 Å². The minimum Gasteiger partial charge on any atom is -0.341 e. The zero-order chi connectivity index (χ0) is 15.4. The normalized spacial score (nSPS) is 12.2. The number of benzene rings is 2. The lowest BCUT2D eigenvalue weighted by Crippen LogP contribution is -2.21. The molecule has 2 rings (SSSR count). The number of anilines is 2. The van der Waals surface area contributed by atoms with Crippen molar-refractivity contribution >= 4 is 27.3 Å². The first-order chi connectivity index (χ1) is 10.1. The fourth-order valence-corrected chi connectivity index (χ4v) is 2.76. The Bertz CT molecular complexity index is 615. The van der Waals surface area contributed by atoms with Crippen LogP contribution >= 0.6 is 15.9 Å². The Labute approximate surface area is 134 Å². The van der Waals surface area contributed by atoms with Gasteiger partial charge < -0.3 is 10.2 Å². The SMILES string of the molecule is CCN(c1cccc(F)c1)c1cc(Br)ccc1C(C)NC. The monoisotopic (exact) mass is 350 g/mol. The van der Waals surface area contributed by atoms with E-state index in [-0.39, 0.29) is 11.9 Å². The van der Waals surface area contributed by atoms with Crippen LogP contribution in [0.3, 0.4) is 0 Å². The van der Waals surface area contributed by atoms with Crippen LogP contribution in [0, 0.1) is 5.82 Å². The third-order valence-corrected chi connectivity index (χ3v) is 4.11. The molecule has 2 aromatic carbocycles. The van der Waals surface area contributed by atoms with Crippen molar-refractivity contribution in [3.05, 3.63) is 58.3 Å². The second-order valence-electron chi connectivity index (χ2n) is 4.94. The van der Waals surface area contributed by atoms with Crippen LogP contribution in [0.2, 0.25) is 0 Å². The predicted molar refractivity (Wildman–Crippen MR) is 90.7 cm³/mol. The van der Waals surface area contributed by atoms with Gasteiger partial charge in [0.15, 0.2) is 0 Å². The molecule has 0 aliphatic heterocycles. The van der Waals surface area contributed by atoms with Crippen molar-refractivity contribution in [2.24, 2.45) is 0 Å². The topological polar surface area (TPSA) is 15.3 Å². The third-order valence-electron chi connectivity index (χ3n) is 3.62. The molecule has 0 saturated carbocycles. The molecule has 0 amide bonds. The van der Waals surface area contributed by atoms with Gasteiger partial charge in [0, 0.05) is 28.4 Å². The van der Waals surface area contributed by atoms with Gasteiger partial charge in [-0.2, -0.15) is 0 Å². The van der Waals surface area contributed by atoms with E-state index < -0.39 is 0 Å². The Hall–Kier alpha value is -1.39. The number of hydrogen-bond donors (Lipinski definition) is 1. The maximum absolute atomic E-state index is 13.5. The second kappa shape index (κ2) is 7.05. The van der Waals surface area contributed by atoms with Gasteiger partial charge in [0.1, 0.15) is 5.82 Å². The highest BCUT2D eigenvalue weighted by atomic mass is 79.9. The van der Waals surface area contributed by atoms with Gasteiger partial charge in [-0.3, -0.25) is 0 Å². The molecule has 0 radical (unpaired) electrons. The van der Waals surface area contributed by atoms with Crippen LogP contribution in [-0.2, 0) is 0 Å². The molecule has 21 heavy (non-hydrogen) atoms. The van der Waals surface area contributed by atoms with Crippen LogP contribution in [0.25, 0.3) is 0 Å². The molecule has 0 saturated heterocycles. The average Bonchev–Trinajstić information content (AvgIpc) is 2.47. The quantitative estimate of drug-likeness (QED) is 0.813. The van der Waals surface area contributed by atoms with E-state index in [0.29, 0.717) is 0 Å². The molecule has 4 heteroatoms. The summed E-state index contributed by atoms with van der Waals surface area (Å²) in [6, 6.07) is 13.1. The van der Waals surface area contributed by atoms with Gasteiger partial charge in [-0.05, 0) is 56.8 Å². The molecule has 0 fully saturated rings. The maximum atomic E-state index is 13.5. The predicted octanol–water partition coefficient (Wildman–Crippen LogP) is 5.03. The van der Waals surface area contributed by atoms with E-state index in [4.69, 9.17) is 0 Å². The third kappa shape index (κ3) is 3.63. The molecular weight excluding hydrogens is 331 g/mol. The van der Waals surface area contributed by atoms with Gasteiger partial charge in [0.25, 0.3) is 0 Å². The smallest absolute Gasteiger partial charge is 0.125 e. The number of nitrogens with zero attached hydrogens (tertiary/aromatic N) is 1. The molecule has 2 nitrogen and oxygen atoms in total. The van der Waals surface area contributed by atoms with Crippen LogP contribution in [-0.4, -0.2) is 13.6 Å². The fraction of sp³-hybridized carbons (Fsp3) is 0.294.